The lowest BCUT2D eigenvalue weighted by molar-refractivity contribution is -0.0993. The molecule has 0 radical (unpaired) electrons. The minimum Gasteiger partial charge on any atom is -0.370 e. The summed E-state index contributed by atoms with van der Waals surface area (Å²) < 4.78 is 8.21. The molecule has 130 valence electrons. The maximum Gasteiger partial charge on any atom is 0.0978 e. The fourth-order valence-corrected chi connectivity index (χ4v) is 3.54. The van der Waals surface area contributed by atoms with E-state index < -0.39 is 0 Å². The molecule has 3 rings (SSSR count). The lowest BCUT2D eigenvalue weighted by Crippen LogP contribution is -2.50. The molecule has 1 aliphatic rings. The molecule has 1 aromatic heterocycles. The number of hydrogen-bond donors (Lipinski definition) is 0. The summed E-state index contributed by atoms with van der Waals surface area (Å²) >= 11 is 0. The van der Waals surface area contributed by atoms with Crippen LogP contribution in [0.3, 0.4) is 0 Å². The van der Waals surface area contributed by atoms with Crippen molar-refractivity contribution >= 4 is 0 Å². The third kappa shape index (κ3) is 3.87. The molecule has 1 aromatic carbocycles. The quantitative estimate of drug-likeness (QED) is 0.834. The number of rotatable bonds is 5. The van der Waals surface area contributed by atoms with Gasteiger partial charge in [0.1, 0.15) is 0 Å². The molecule has 4 nitrogen and oxygen atoms in total. The zero-order valence-corrected chi connectivity index (χ0v) is 15.2. The fourth-order valence-electron chi connectivity index (χ4n) is 3.54. The van der Waals surface area contributed by atoms with E-state index in [-0.39, 0.29) is 6.10 Å². The highest BCUT2D eigenvalue weighted by Gasteiger charge is 2.34. The molecule has 4 heteroatoms. The average molecular weight is 327 g/mol. The average Bonchev–Trinajstić information content (AvgIpc) is 2.98. The van der Waals surface area contributed by atoms with E-state index in [9.17, 15) is 0 Å². The van der Waals surface area contributed by atoms with Gasteiger partial charge in [0, 0.05) is 36.9 Å². The summed E-state index contributed by atoms with van der Waals surface area (Å²) in [5.74, 6) is 0.612. The minimum atomic E-state index is 0.133. The highest BCUT2D eigenvalue weighted by atomic mass is 16.5. The molecule has 0 spiro atoms. The van der Waals surface area contributed by atoms with E-state index in [1.165, 1.54) is 11.1 Å². The molecular weight excluding hydrogens is 298 g/mol. The molecule has 3 atom stereocenters. The molecule has 0 bridgehead atoms. The molecule has 2 heterocycles. The maximum absolute atomic E-state index is 6.15. The number of morpholine rings is 1. The van der Waals surface area contributed by atoms with Gasteiger partial charge >= 0.3 is 0 Å². The van der Waals surface area contributed by atoms with Crippen LogP contribution in [0.5, 0.6) is 0 Å². The smallest absolute Gasteiger partial charge is 0.0978 e. The fraction of sp³-hybridized carbons (Fsp3) is 0.550. The van der Waals surface area contributed by atoms with Gasteiger partial charge in [0.25, 0.3) is 0 Å². The molecule has 24 heavy (non-hydrogen) atoms. The second kappa shape index (κ2) is 7.49. The lowest BCUT2D eigenvalue weighted by atomic mass is 9.98. The summed E-state index contributed by atoms with van der Waals surface area (Å²) in [7, 11) is 0. The van der Waals surface area contributed by atoms with Gasteiger partial charge in [0.15, 0.2) is 0 Å². The van der Waals surface area contributed by atoms with Crippen LogP contribution >= 0.6 is 0 Å². The van der Waals surface area contributed by atoms with Crippen LogP contribution in [0.1, 0.15) is 44.9 Å². The molecule has 0 aliphatic carbocycles. The molecular formula is C20H29N3O. The Labute approximate surface area is 145 Å². The van der Waals surface area contributed by atoms with Gasteiger partial charge in [-0.2, -0.15) is 5.10 Å². The number of ether oxygens (including phenoxy) is 1. The zero-order chi connectivity index (χ0) is 17.1. The summed E-state index contributed by atoms with van der Waals surface area (Å²) in [5.41, 5.74) is 2.54. The van der Waals surface area contributed by atoms with E-state index >= 15 is 0 Å². The van der Waals surface area contributed by atoms with Gasteiger partial charge in [-0.3, -0.25) is 9.58 Å². The standard InChI is InChI=1S/C20H29N3O/c1-15(2)11-22-12-18(10-21-22)13-23-16(3)14-24-20(17(23)4)19-8-6-5-7-9-19/h5-10,12,15-17,20H,11,13-14H2,1-4H3. The van der Waals surface area contributed by atoms with E-state index in [1.54, 1.807) is 0 Å². The van der Waals surface area contributed by atoms with E-state index in [4.69, 9.17) is 4.74 Å². The Hall–Kier alpha value is -1.65. The van der Waals surface area contributed by atoms with E-state index in [2.05, 4.69) is 78.9 Å². The van der Waals surface area contributed by atoms with Crippen LogP contribution in [0.15, 0.2) is 42.7 Å². The Balaban J connectivity index is 1.72. The monoisotopic (exact) mass is 327 g/mol. The van der Waals surface area contributed by atoms with Crippen molar-refractivity contribution in [2.75, 3.05) is 6.61 Å². The second-order valence-electron chi connectivity index (χ2n) is 7.39. The van der Waals surface area contributed by atoms with Crippen LogP contribution in [0.4, 0.5) is 0 Å². The van der Waals surface area contributed by atoms with Crippen molar-refractivity contribution in [3.05, 3.63) is 53.9 Å². The van der Waals surface area contributed by atoms with Gasteiger partial charge in [0.2, 0.25) is 0 Å². The highest BCUT2D eigenvalue weighted by molar-refractivity contribution is 5.20. The van der Waals surface area contributed by atoms with Crippen LogP contribution in [0.2, 0.25) is 0 Å². The Morgan fingerprint density at radius 1 is 1.21 bits per heavy atom. The largest absolute Gasteiger partial charge is 0.370 e. The van der Waals surface area contributed by atoms with Gasteiger partial charge in [-0.25, -0.2) is 0 Å². The molecule has 0 N–H and O–H groups in total. The Kier molecular flexibility index (Phi) is 5.36. The molecule has 3 unspecified atom stereocenters. The van der Waals surface area contributed by atoms with Crippen molar-refractivity contribution in [3.8, 4) is 0 Å². The molecule has 0 saturated carbocycles. The molecule has 1 fully saturated rings. The second-order valence-corrected chi connectivity index (χ2v) is 7.39. The summed E-state index contributed by atoms with van der Waals surface area (Å²) in [6.45, 7) is 11.6. The normalized spacial score (nSPS) is 25.3. The predicted octanol–water partition coefficient (Wildman–Crippen LogP) is 3.89. The number of nitrogens with zero attached hydrogens (tertiary/aromatic N) is 3. The first-order valence-electron chi connectivity index (χ1n) is 8.98. The van der Waals surface area contributed by atoms with Crippen LogP contribution in [-0.4, -0.2) is 33.4 Å². The molecule has 1 saturated heterocycles. The van der Waals surface area contributed by atoms with Crippen molar-refractivity contribution in [1.82, 2.24) is 14.7 Å². The van der Waals surface area contributed by atoms with Gasteiger partial charge in [-0.05, 0) is 25.3 Å². The van der Waals surface area contributed by atoms with Gasteiger partial charge in [-0.1, -0.05) is 44.2 Å². The molecule has 1 aliphatic heterocycles. The van der Waals surface area contributed by atoms with Crippen molar-refractivity contribution < 1.29 is 4.74 Å². The SMILES string of the molecule is CC(C)Cn1cc(CN2C(C)COC(c3ccccc3)C2C)cn1. The predicted molar refractivity (Wildman–Crippen MR) is 96.7 cm³/mol. The Bertz CT molecular complexity index is 637. The third-order valence-electron chi connectivity index (χ3n) is 4.78. The van der Waals surface area contributed by atoms with Crippen LogP contribution < -0.4 is 0 Å². The highest BCUT2D eigenvalue weighted by Crippen LogP contribution is 2.31. The molecule has 0 amide bonds. The zero-order valence-electron chi connectivity index (χ0n) is 15.2. The van der Waals surface area contributed by atoms with Gasteiger partial charge in [-0.15, -0.1) is 0 Å². The maximum atomic E-state index is 6.15. The number of hydrogen-bond acceptors (Lipinski definition) is 3. The van der Waals surface area contributed by atoms with Crippen LogP contribution in [0, 0.1) is 5.92 Å². The van der Waals surface area contributed by atoms with Crippen molar-refractivity contribution in [3.63, 3.8) is 0 Å². The lowest BCUT2D eigenvalue weighted by Gasteiger charge is -2.43. The van der Waals surface area contributed by atoms with Crippen molar-refractivity contribution in [2.24, 2.45) is 5.92 Å². The summed E-state index contributed by atoms with van der Waals surface area (Å²) in [4.78, 5) is 2.54. The minimum absolute atomic E-state index is 0.133. The van der Waals surface area contributed by atoms with Crippen molar-refractivity contribution in [2.45, 2.75) is 59.0 Å². The Morgan fingerprint density at radius 2 is 1.96 bits per heavy atom. The number of aromatic nitrogens is 2. The topological polar surface area (TPSA) is 30.3 Å². The van der Waals surface area contributed by atoms with E-state index in [0.29, 0.717) is 18.0 Å². The number of benzene rings is 1. The Morgan fingerprint density at radius 3 is 2.67 bits per heavy atom. The summed E-state index contributed by atoms with van der Waals surface area (Å²) in [6.07, 6.45) is 4.33. The van der Waals surface area contributed by atoms with Gasteiger partial charge < -0.3 is 4.74 Å². The van der Waals surface area contributed by atoms with Crippen LogP contribution in [0.25, 0.3) is 0 Å². The first-order valence-corrected chi connectivity index (χ1v) is 8.98. The van der Waals surface area contributed by atoms with E-state index in [0.717, 1.165) is 19.7 Å². The van der Waals surface area contributed by atoms with Crippen molar-refractivity contribution in [1.29, 1.82) is 0 Å². The third-order valence-corrected chi connectivity index (χ3v) is 4.78. The summed E-state index contributed by atoms with van der Waals surface area (Å²) in [5, 5.41) is 4.51. The van der Waals surface area contributed by atoms with Gasteiger partial charge in [0.05, 0.1) is 18.9 Å². The first kappa shape index (κ1) is 17.2. The van der Waals surface area contributed by atoms with E-state index in [1.807, 2.05) is 6.20 Å². The first-order chi connectivity index (χ1) is 11.5. The van der Waals surface area contributed by atoms with Crippen LogP contribution in [-0.2, 0) is 17.8 Å². The summed E-state index contributed by atoms with van der Waals surface area (Å²) in [6, 6.07) is 11.3. The molecule has 2 aromatic rings.